The van der Waals surface area contributed by atoms with Gasteiger partial charge < -0.3 is 25.3 Å². The number of benzene rings is 2. The lowest BCUT2D eigenvalue weighted by Crippen LogP contribution is -2.06. The summed E-state index contributed by atoms with van der Waals surface area (Å²) in [7, 11) is 4.79. The second-order valence-electron chi connectivity index (χ2n) is 6.63. The van der Waals surface area contributed by atoms with Gasteiger partial charge in [0.1, 0.15) is 5.82 Å². The lowest BCUT2D eigenvalue weighted by Gasteiger charge is -2.15. The molecule has 0 aliphatic rings. The molecule has 0 fully saturated rings. The van der Waals surface area contributed by atoms with Crippen molar-refractivity contribution in [1.82, 2.24) is 14.6 Å². The van der Waals surface area contributed by atoms with Crippen molar-refractivity contribution in [1.29, 1.82) is 0 Å². The SMILES string of the molecule is COc1cc(CNc2ccnc3c(-c4ccc(N)cc4)cnn23)cc(OC)c1OC. The summed E-state index contributed by atoms with van der Waals surface area (Å²) < 4.78 is 18.0. The monoisotopic (exact) mass is 405 g/mol. The van der Waals surface area contributed by atoms with Crippen molar-refractivity contribution in [2.24, 2.45) is 0 Å². The first kappa shape index (κ1) is 19.4. The summed E-state index contributed by atoms with van der Waals surface area (Å²) in [5.74, 6) is 2.60. The van der Waals surface area contributed by atoms with E-state index in [-0.39, 0.29) is 0 Å². The molecule has 0 saturated heterocycles. The Morgan fingerprint density at radius 3 is 2.30 bits per heavy atom. The first-order chi connectivity index (χ1) is 14.6. The minimum absolute atomic E-state index is 0.535. The molecule has 0 aliphatic carbocycles. The van der Waals surface area contributed by atoms with E-state index in [1.165, 1.54) is 0 Å². The third kappa shape index (κ3) is 3.55. The molecular formula is C22H23N5O3. The van der Waals surface area contributed by atoms with E-state index in [1.54, 1.807) is 38.2 Å². The summed E-state index contributed by atoms with van der Waals surface area (Å²) in [5.41, 5.74) is 10.2. The average molecular weight is 405 g/mol. The minimum atomic E-state index is 0.535. The Balaban J connectivity index is 1.63. The summed E-state index contributed by atoms with van der Waals surface area (Å²) >= 11 is 0. The molecule has 2 aromatic heterocycles. The number of nitrogens with zero attached hydrogens (tertiary/aromatic N) is 3. The van der Waals surface area contributed by atoms with Gasteiger partial charge in [-0.15, -0.1) is 0 Å². The van der Waals surface area contributed by atoms with Crippen molar-refractivity contribution in [3.8, 4) is 28.4 Å². The van der Waals surface area contributed by atoms with E-state index in [0.717, 1.165) is 33.8 Å². The van der Waals surface area contributed by atoms with Gasteiger partial charge in [-0.3, -0.25) is 0 Å². The van der Waals surface area contributed by atoms with Crippen molar-refractivity contribution in [3.63, 3.8) is 0 Å². The molecule has 0 aliphatic heterocycles. The Morgan fingerprint density at radius 1 is 0.967 bits per heavy atom. The van der Waals surface area contributed by atoms with Crippen LogP contribution in [0.15, 0.2) is 54.9 Å². The van der Waals surface area contributed by atoms with Crippen molar-refractivity contribution in [3.05, 3.63) is 60.4 Å². The van der Waals surface area contributed by atoms with Gasteiger partial charge in [0.05, 0.1) is 27.5 Å². The molecule has 0 bridgehead atoms. The summed E-state index contributed by atoms with van der Waals surface area (Å²) in [6.45, 7) is 0.535. The molecule has 3 N–H and O–H groups in total. The molecule has 154 valence electrons. The topological polar surface area (TPSA) is 95.9 Å². The molecule has 8 heteroatoms. The van der Waals surface area contributed by atoms with Crippen molar-refractivity contribution in [2.75, 3.05) is 32.4 Å². The zero-order chi connectivity index (χ0) is 21.1. The van der Waals surface area contributed by atoms with Gasteiger partial charge >= 0.3 is 0 Å². The average Bonchev–Trinajstić information content (AvgIpc) is 3.22. The Hall–Kier alpha value is -3.94. The van der Waals surface area contributed by atoms with E-state index in [9.17, 15) is 0 Å². The van der Waals surface area contributed by atoms with Crippen LogP contribution in [0.2, 0.25) is 0 Å². The largest absolute Gasteiger partial charge is 0.493 e. The van der Waals surface area contributed by atoms with Gasteiger partial charge in [0.15, 0.2) is 17.1 Å². The summed E-state index contributed by atoms with van der Waals surface area (Å²) in [4.78, 5) is 4.51. The molecule has 0 amide bonds. The maximum absolute atomic E-state index is 5.80. The van der Waals surface area contributed by atoms with Crippen LogP contribution in [0.4, 0.5) is 11.5 Å². The quantitative estimate of drug-likeness (QED) is 0.453. The highest BCUT2D eigenvalue weighted by Gasteiger charge is 2.14. The third-order valence-electron chi connectivity index (χ3n) is 4.82. The molecule has 0 radical (unpaired) electrons. The maximum Gasteiger partial charge on any atom is 0.203 e. The normalized spacial score (nSPS) is 10.8. The van der Waals surface area contributed by atoms with Crippen LogP contribution in [0, 0.1) is 0 Å². The Kier molecular flexibility index (Phi) is 5.30. The standard InChI is InChI=1S/C22H23N5O3/c1-28-18-10-14(11-19(29-2)21(18)30-3)12-25-20-8-9-24-22-17(13-26-27(20)22)15-4-6-16(23)7-5-15/h4-11,13,25H,12,23H2,1-3H3. The first-order valence-electron chi connectivity index (χ1n) is 9.36. The minimum Gasteiger partial charge on any atom is -0.493 e. The molecule has 0 atom stereocenters. The highest BCUT2D eigenvalue weighted by atomic mass is 16.5. The molecule has 0 saturated carbocycles. The Labute approximate surface area is 174 Å². The van der Waals surface area contributed by atoms with Gasteiger partial charge in [-0.05, 0) is 41.5 Å². The first-order valence-corrected chi connectivity index (χ1v) is 9.36. The van der Waals surface area contributed by atoms with Crippen LogP contribution < -0.4 is 25.3 Å². The molecule has 4 aromatic rings. The Morgan fingerprint density at radius 2 is 1.67 bits per heavy atom. The van der Waals surface area contributed by atoms with E-state index in [0.29, 0.717) is 23.8 Å². The maximum atomic E-state index is 5.80. The van der Waals surface area contributed by atoms with Crippen LogP contribution in [0.3, 0.4) is 0 Å². The molecule has 30 heavy (non-hydrogen) atoms. The van der Waals surface area contributed by atoms with Crippen LogP contribution in [0.1, 0.15) is 5.56 Å². The van der Waals surface area contributed by atoms with Crippen molar-refractivity contribution < 1.29 is 14.2 Å². The Bertz CT molecular complexity index is 1150. The summed E-state index contributed by atoms with van der Waals surface area (Å²) in [6, 6.07) is 13.4. The molecule has 0 unspecified atom stereocenters. The van der Waals surface area contributed by atoms with Gasteiger partial charge in [0, 0.05) is 24.0 Å². The number of anilines is 2. The summed E-state index contributed by atoms with van der Waals surface area (Å²) in [5, 5.41) is 7.92. The van der Waals surface area contributed by atoms with Crippen LogP contribution in [0.25, 0.3) is 16.8 Å². The molecule has 8 nitrogen and oxygen atoms in total. The lowest BCUT2D eigenvalue weighted by atomic mass is 10.1. The number of nitrogens with two attached hydrogens (primary N) is 1. The van der Waals surface area contributed by atoms with E-state index in [1.807, 2.05) is 42.5 Å². The van der Waals surface area contributed by atoms with Crippen molar-refractivity contribution in [2.45, 2.75) is 6.54 Å². The van der Waals surface area contributed by atoms with Crippen LogP contribution in [-0.2, 0) is 6.54 Å². The number of nitrogens with one attached hydrogen (secondary N) is 1. The van der Waals surface area contributed by atoms with Gasteiger partial charge in [0.25, 0.3) is 0 Å². The smallest absolute Gasteiger partial charge is 0.203 e. The molecule has 2 aromatic carbocycles. The molecule has 0 spiro atoms. The number of methoxy groups -OCH3 is 3. The zero-order valence-corrected chi connectivity index (χ0v) is 17.0. The van der Waals surface area contributed by atoms with Gasteiger partial charge in [-0.25, -0.2) is 4.98 Å². The predicted molar refractivity (Wildman–Crippen MR) is 116 cm³/mol. The fourth-order valence-electron chi connectivity index (χ4n) is 3.32. The molecule has 2 heterocycles. The van der Waals surface area contributed by atoms with E-state index in [4.69, 9.17) is 19.9 Å². The van der Waals surface area contributed by atoms with Crippen molar-refractivity contribution >= 4 is 17.2 Å². The molecular weight excluding hydrogens is 382 g/mol. The number of nitrogen functional groups attached to an aromatic ring is 1. The van der Waals surface area contributed by atoms with E-state index in [2.05, 4.69) is 15.4 Å². The van der Waals surface area contributed by atoms with E-state index < -0.39 is 0 Å². The number of fused-ring (bicyclic) bond motifs is 1. The second kappa shape index (κ2) is 8.20. The number of hydrogen-bond donors (Lipinski definition) is 2. The summed E-state index contributed by atoms with van der Waals surface area (Å²) in [6.07, 6.45) is 3.56. The van der Waals surface area contributed by atoms with Gasteiger partial charge in [-0.2, -0.15) is 9.61 Å². The van der Waals surface area contributed by atoms with Gasteiger partial charge in [-0.1, -0.05) is 12.1 Å². The fraction of sp³-hybridized carbons (Fsp3) is 0.182. The second-order valence-corrected chi connectivity index (χ2v) is 6.63. The highest BCUT2D eigenvalue weighted by molar-refractivity contribution is 5.78. The zero-order valence-electron chi connectivity index (χ0n) is 17.0. The fourth-order valence-corrected chi connectivity index (χ4v) is 3.32. The van der Waals surface area contributed by atoms with Crippen LogP contribution in [0.5, 0.6) is 17.2 Å². The predicted octanol–water partition coefficient (Wildman–Crippen LogP) is 3.62. The van der Waals surface area contributed by atoms with Crippen LogP contribution in [-0.4, -0.2) is 35.9 Å². The van der Waals surface area contributed by atoms with E-state index >= 15 is 0 Å². The number of ether oxygens (including phenoxy) is 3. The number of aromatic nitrogens is 3. The van der Waals surface area contributed by atoms with Crippen LogP contribution >= 0.6 is 0 Å². The highest BCUT2D eigenvalue weighted by Crippen LogP contribution is 2.38. The third-order valence-corrected chi connectivity index (χ3v) is 4.82. The number of hydrogen-bond acceptors (Lipinski definition) is 7. The number of rotatable bonds is 7. The molecule has 4 rings (SSSR count). The van der Waals surface area contributed by atoms with Gasteiger partial charge in [0.2, 0.25) is 5.75 Å². The lowest BCUT2D eigenvalue weighted by molar-refractivity contribution is 0.324.